The highest BCUT2D eigenvalue weighted by atomic mass is 19.4. The Morgan fingerprint density at radius 1 is 1.05 bits per heavy atom. The van der Waals surface area contributed by atoms with Gasteiger partial charge in [-0.25, -0.2) is 4.79 Å². The monoisotopic (exact) mass is 622 g/mol. The molecule has 0 bridgehead atoms. The summed E-state index contributed by atoms with van der Waals surface area (Å²) >= 11 is 0. The van der Waals surface area contributed by atoms with Crippen LogP contribution >= 0.6 is 0 Å². The molecule has 236 valence electrons. The number of aliphatic carboxylic acids is 1. The van der Waals surface area contributed by atoms with Crippen LogP contribution in [0.3, 0.4) is 0 Å². The van der Waals surface area contributed by atoms with E-state index in [2.05, 4.69) is 0 Å². The Kier molecular flexibility index (Phi) is 9.66. The summed E-state index contributed by atoms with van der Waals surface area (Å²) in [5.74, 6) is -0.780. The number of nitriles is 1. The molecular weight excluding hydrogens is 590 g/mol. The highest BCUT2D eigenvalue weighted by molar-refractivity contribution is 5.72. The van der Waals surface area contributed by atoms with E-state index in [1.54, 1.807) is 18.2 Å². The summed E-state index contributed by atoms with van der Waals surface area (Å²) in [5, 5.41) is 18.8. The van der Waals surface area contributed by atoms with Crippen molar-refractivity contribution in [3.05, 3.63) is 75.4 Å². The Bertz CT molecular complexity index is 1440. The number of hydrogen-bond acceptors (Lipinski definition) is 4. The Morgan fingerprint density at radius 2 is 1.66 bits per heavy atom. The maximum Gasteiger partial charge on any atom is 0.416 e. The lowest BCUT2D eigenvalue weighted by Crippen LogP contribution is -2.31. The number of cyclic esters (lactones) is 1. The number of carboxylic acids is 1. The number of halogens is 6. The van der Waals surface area contributed by atoms with Crippen LogP contribution in [0.2, 0.25) is 0 Å². The minimum absolute atomic E-state index is 0.0256. The van der Waals surface area contributed by atoms with Crippen LogP contribution in [0.5, 0.6) is 0 Å². The third kappa shape index (κ3) is 7.55. The zero-order valence-electron chi connectivity index (χ0n) is 24.1. The van der Waals surface area contributed by atoms with E-state index in [9.17, 15) is 46.3 Å². The average molecular weight is 623 g/mol. The predicted molar refractivity (Wildman–Crippen MR) is 148 cm³/mol. The number of hydrogen-bond donors (Lipinski definition) is 1. The Hall–Kier alpha value is -4.01. The fourth-order valence-electron chi connectivity index (χ4n) is 5.95. The SMILES string of the molecule is CCC(=Cc1ccc(C#N)cc1CN1C(=O)OC(c2cc(C(F)(F)F)cc(C(F)(F)F)c2)C1C)CC1CCC(C(=O)O)CC1. The molecule has 4 rings (SSSR count). The smallest absolute Gasteiger partial charge is 0.416 e. The van der Waals surface area contributed by atoms with Crippen LogP contribution in [0, 0.1) is 23.2 Å². The van der Waals surface area contributed by atoms with Crippen molar-refractivity contribution in [1.29, 1.82) is 5.26 Å². The number of alkyl halides is 6. The Labute approximate surface area is 250 Å². The predicted octanol–water partition coefficient (Wildman–Crippen LogP) is 8.75. The van der Waals surface area contributed by atoms with Gasteiger partial charge in [0.15, 0.2) is 0 Å². The second kappa shape index (κ2) is 12.9. The normalized spacial score (nSPS) is 22.9. The number of carboxylic acid groups (broad SMARTS) is 1. The van der Waals surface area contributed by atoms with Crippen LogP contribution in [0.15, 0.2) is 42.0 Å². The van der Waals surface area contributed by atoms with Gasteiger partial charge in [-0.3, -0.25) is 9.69 Å². The van der Waals surface area contributed by atoms with Gasteiger partial charge in [-0.15, -0.1) is 0 Å². The Morgan fingerprint density at radius 3 is 2.18 bits per heavy atom. The van der Waals surface area contributed by atoms with Gasteiger partial charge in [-0.05, 0) is 98.4 Å². The number of carbonyl (C=O) groups is 2. The van der Waals surface area contributed by atoms with Crippen LogP contribution in [0.1, 0.15) is 91.9 Å². The molecule has 2 aliphatic rings. The molecule has 0 radical (unpaired) electrons. The maximum absolute atomic E-state index is 13.5. The number of allylic oxidation sites excluding steroid dienone is 1. The highest BCUT2D eigenvalue weighted by Crippen LogP contribution is 2.41. The summed E-state index contributed by atoms with van der Waals surface area (Å²) in [6.45, 7) is 3.38. The van der Waals surface area contributed by atoms with Crippen molar-refractivity contribution in [2.45, 2.75) is 83.4 Å². The van der Waals surface area contributed by atoms with E-state index in [0.29, 0.717) is 54.0 Å². The first kappa shape index (κ1) is 32.9. The van der Waals surface area contributed by atoms with Gasteiger partial charge < -0.3 is 9.84 Å². The number of amides is 1. The Balaban J connectivity index is 1.60. The number of benzene rings is 2. The standard InChI is InChI=1S/C32H32F6N2O4/c1-3-19(10-20-4-7-22(8-5-20)29(41)42)11-23-9-6-21(16-39)12-25(23)17-40-18(2)28(44-30(40)43)24-13-26(31(33,34)35)15-27(14-24)32(36,37)38/h6,9,11-15,18,20,22,28H,3-5,7-8,10,17H2,1-2H3,(H,41,42). The first-order valence-electron chi connectivity index (χ1n) is 14.3. The second-order valence-corrected chi connectivity index (χ2v) is 11.5. The van der Waals surface area contributed by atoms with Crippen LogP contribution < -0.4 is 0 Å². The van der Waals surface area contributed by atoms with Crippen LogP contribution in [-0.4, -0.2) is 28.1 Å². The third-order valence-electron chi connectivity index (χ3n) is 8.50. The topological polar surface area (TPSA) is 90.6 Å². The highest BCUT2D eigenvalue weighted by Gasteiger charge is 2.43. The van der Waals surface area contributed by atoms with Gasteiger partial charge in [0, 0.05) is 0 Å². The van der Waals surface area contributed by atoms with Crippen molar-refractivity contribution in [2.75, 3.05) is 0 Å². The summed E-state index contributed by atoms with van der Waals surface area (Å²) in [5.41, 5.74) is -0.744. The molecule has 12 heteroatoms. The maximum atomic E-state index is 13.5. The van der Waals surface area contributed by atoms with Crippen molar-refractivity contribution in [3.63, 3.8) is 0 Å². The largest absolute Gasteiger partial charge is 0.481 e. The quantitative estimate of drug-likeness (QED) is 0.297. The van der Waals surface area contributed by atoms with Gasteiger partial charge in [0.25, 0.3) is 0 Å². The fraction of sp³-hybridized carbons (Fsp3) is 0.469. The lowest BCUT2D eigenvalue weighted by Gasteiger charge is -2.27. The van der Waals surface area contributed by atoms with E-state index in [1.807, 2.05) is 19.1 Å². The molecule has 2 aromatic carbocycles. The van der Waals surface area contributed by atoms with Crippen LogP contribution in [-0.2, 0) is 28.4 Å². The summed E-state index contributed by atoms with van der Waals surface area (Å²) in [6.07, 6.45) is -6.16. The molecule has 2 aromatic rings. The van der Waals surface area contributed by atoms with E-state index in [0.717, 1.165) is 24.8 Å². The molecule has 1 saturated carbocycles. The van der Waals surface area contributed by atoms with Gasteiger partial charge in [0.05, 0.1) is 41.3 Å². The minimum Gasteiger partial charge on any atom is -0.481 e. The molecular formula is C32H32F6N2O4. The van der Waals surface area contributed by atoms with Crippen molar-refractivity contribution in [1.82, 2.24) is 4.90 Å². The molecule has 2 atom stereocenters. The van der Waals surface area contributed by atoms with E-state index in [4.69, 9.17) is 4.74 Å². The van der Waals surface area contributed by atoms with Gasteiger partial charge in [-0.1, -0.05) is 24.6 Å². The number of ether oxygens (including phenoxy) is 1. The van der Waals surface area contributed by atoms with Crippen LogP contribution in [0.4, 0.5) is 31.1 Å². The van der Waals surface area contributed by atoms with Crippen molar-refractivity contribution in [2.24, 2.45) is 11.8 Å². The van der Waals surface area contributed by atoms with Gasteiger partial charge in [-0.2, -0.15) is 31.6 Å². The molecule has 1 aliphatic carbocycles. The zero-order chi connectivity index (χ0) is 32.4. The van der Waals surface area contributed by atoms with Gasteiger partial charge in [0.2, 0.25) is 0 Å². The summed E-state index contributed by atoms with van der Waals surface area (Å²) in [7, 11) is 0. The van der Waals surface area contributed by atoms with E-state index in [1.165, 1.54) is 11.8 Å². The molecule has 44 heavy (non-hydrogen) atoms. The zero-order valence-corrected chi connectivity index (χ0v) is 24.1. The van der Waals surface area contributed by atoms with Gasteiger partial charge >= 0.3 is 24.4 Å². The summed E-state index contributed by atoms with van der Waals surface area (Å²) in [6, 6.07) is 7.22. The van der Waals surface area contributed by atoms with Crippen LogP contribution in [0.25, 0.3) is 6.08 Å². The van der Waals surface area contributed by atoms with Crippen molar-refractivity contribution >= 4 is 18.1 Å². The lowest BCUT2D eigenvalue weighted by molar-refractivity contribution is -0.144. The number of nitrogens with zero attached hydrogens (tertiary/aromatic N) is 2. The average Bonchev–Trinajstić information content (AvgIpc) is 3.25. The molecule has 1 amide bonds. The molecule has 0 spiro atoms. The molecule has 1 heterocycles. The first-order valence-corrected chi connectivity index (χ1v) is 14.3. The molecule has 0 aromatic heterocycles. The minimum atomic E-state index is -5.05. The molecule has 6 nitrogen and oxygen atoms in total. The summed E-state index contributed by atoms with van der Waals surface area (Å²) in [4.78, 5) is 25.5. The summed E-state index contributed by atoms with van der Waals surface area (Å²) < 4.78 is 86.1. The molecule has 2 fully saturated rings. The molecule has 2 unspecified atom stereocenters. The van der Waals surface area contributed by atoms with Crippen molar-refractivity contribution < 1.29 is 45.8 Å². The second-order valence-electron chi connectivity index (χ2n) is 11.5. The lowest BCUT2D eigenvalue weighted by atomic mass is 9.78. The molecule has 1 N–H and O–H groups in total. The molecule has 1 saturated heterocycles. The van der Waals surface area contributed by atoms with E-state index >= 15 is 0 Å². The number of rotatable bonds is 8. The third-order valence-corrected chi connectivity index (χ3v) is 8.50. The first-order chi connectivity index (χ1) is 20.6. The number of carbonyl (C=O) groups excluding carboxylic acids is 1. The van der Waals surface area contributed by atoms with Crippen molar-refractivity contribution in [3.8, 4) is 6.07 Å². The molecule has 1 aliphatic heterocycles. The van der Waals surface area contributed by atoms with Gasteiger partial charge in [0.1, 0.15) is 6.10 Å². The van der Waals surface area contributed by atoms with E-state index in [-0.39, 0.29) is 18.5 Å². The fourth-order valence-corrected chi connectivity index (χ4v) is 5.95. The van der Waals surface area contributed by atoms with E-state index < -0.39 is 53.3 Å².